The summed E-state index contributed by atoms with van der Waals surface area (Å²) in [5.41, 5.74) is 4.67. The molecule has 35 heavy (non-hydrogen) atoms. The van der Waals surface area contributed by atoms with Crippen LogP contribution in [-0.4, -0.2) is 60.8 Å². The molecule has 2 aromatic rings. The topological polar surface area (TPSA) is 87.1 Å². The molecule has 1 aromatic carbocycles. The van der Waals surface area contributed by atoms with Crippen molar-refractivity contribution in [3.63, 3.8) is 0 Å². The fraction of sp³-hybridized carbons (Fsp3) is 0.370. The molecule has 0 aliphatic carbocycles. The van der Waals surface area contributed by atoms with Gasteiger partial charge in [0.1, 0.15) is 0 Å². The van der Waals surface area contributed by atoms with Crippen LogP contribution in [0.5, 0.6) is 0 Å². The van der Waals surface area contributed by atoms with Gasteiger partial charge in [-0.15, -0.1) is 0 Å². The summed E-state index contributed by atoms with van der Waals surface area (Å²) in [6.07, 6.45) is 3.52. The molecule has 1 saturated heterocycles. The second kappa shape index (κ2) is 9.92. The molecule has 1 aromatic heterocycles. The van der Waals surface area contributed by atoms with Crippen molar-refractivity contribution in [3.8, 4) is 5.69 Å². The number of nitrogens with zero attached hydrogens (tertiary/aromatic N) is 2. The quantitative estimate of drug-likeness (QED) is 0.465. The molecule has 0 unspecified atom stereocenters. The predicted molar refractivity (Wildman–Crippen MR) is 130 cm³/mol. The molecule has 0 N–H and O–H groups in total. The number of methoxy groups -OCH3 is 2. The van der Waals surface area contributed by atoms with Gasteiger partial charge in [0, 0.05) is 23.7 Å². The fourth-order valence-electron chi connectivity index (χ4n) is 4.85. The van der Waals surface area contributed by atoms with Crippen molar-refractivity contribution in [2.45, 2.75) is 39.7 Å². The van der Waals surface area contributed by atoms with Crippen molar-refractivity contribution in [2.75, 3.05) is 27.4 Å². The first-order valence-electron chi connectivity index (χ1n) is 11.6. The number of ether oxygens (including phenoxy) is 3. The zero-order valence-electron chi connectivity index (χ0n) is 20.7. The molecule has 0 bridgehead atoms. The number of hydrogen-bond acceptors (Lipinski definition) is 6. The second-order valence-electron chi connectivity index (χ2n) is 8.73. The average molecular weight is 479 g/mol. The zero-order chi connectivity index (χ0) is 25.3. The van der Waals surface area contributed by atoms with Crippen LogP contribution >= 0.6 is 0 Å². The summed E-state index contributed by atoms with van der Waals surface area (Å²) in [4.78, 5) is 40.1. The van der Waals surface area contributed by atoms with Crippen molar-refractivity contribution in [1.82, 2.24) is 9.47 Å². The van der Waals surface area contributed by atoms with Crippen molar-refractivity contribution in [3.05, 3.63) is 69.7 Å². The number of para-hydroxylation sites is 1. The molecule has 184 valence electrons. The largest absolute Gasteiger partial charge is 0.465 e. The van der Waals surface area contributed by atoms with Gasteiger partial charge in [0.25, 0.3) is 5.91 Å². The lowest BCUT2D eigenvalue weighted by Gasteiger charge is -2.21. The smallest absolute Gasteiger partial charge is 0.340 e. The van der Waals surface area contributed by atoms with Crippen molar-refractivity contribution in [2.24, 2.45) is 0 Å². The van der Waals surface area contributed by atoms with E-state index in [1.54, 1.807) is 30.0 Å². The van der Waals surface area contributed by atoms with Crippen LogP contribution in [0, 0.1) is 13.8 Å². The number of aromatic nitrogens is 1. The number of esters is 2. The summed E-state index contributed by atoms with van der Waals surface area (Å²) in [6, 6.07) is 9.11. The minimum absolute atomic E-state index is 0.0490. The molecule has 1 fully saturated rings. The maximum atomic E-state index is 13.5. The first kappa shape index (κ1) is 24.5. The summed E-state index contributed by atoms with van der Waals surface area (Å²) in [5, 5.41) is 0. The van der Waals surface area contributed by atoms with Crippen LogP contribution in [0.2, 0.25) is 0 Å². The molecule has 8 nitrogen and oxygen atoms in total. The zero-order valence-corrected chi connectivity index (χ0v) is 20.7. The van der Waals surface area contributed by atoms with E-state index in [1.807, 2.05) is 36.6 Å². The Labute approximate surface area is 204 Å². The minimum Gasteiger partial charge on any atom is -0.465 e. The van der Waals surface area contributed by atoms with Gasteiger partial charge in [0.05, 0.1) is 49.3 Å². The number of carbonyl (C=O) groups excluding carboxylic acids is 3. The number of benzene rings is 1. The summed E-state index contributed by atoms with van der Waals surface area (Å²) in [6.45, 7) is 6.67. The van der Waals surface area contributed by atoms with Crippen molar-refractivity contribution in [1.29, 1.82) is 0 Å². The number of aryl methyl sites for hydroxylation is 1. The highest BCUT2D eigenvalue weighted by atomic mass is 16.5. The maximum Gasteiger partial charge on any atom is 0.340 e. The van der Waals surface area contributed by atoms with E-state index >= 15 is 0 Å². The Hall–Kier alpha value is -3.65. The van der Waals surface area contributed by atoms with E-state index in [1.165, 1.54) is 14.2 Å². The van der Waals surface area contributed by atoms with Gasteiger partial charge in [-0.3, -0.25) is 4.79 Å². The third-order valence-corrected chi connectivity index (χ3v) is 6.63. The van der Waals surface area contributed by atoms with Crippen LogP contribution in [-0.2, 0) is 23.8 Å². The van der Waals surface area contributed by atoms with E-state index in [0.717, 1.165) is 29.8 Å². The number of amides is 1. The summed E-state index contributed by atoms with van der Waals surface area (Å²) in [7, 11) is 2.66. The summed E-state index contributed by atoms with van der Waals surface area (Å²) >= 11 is 0. The molecule has 2 aliphatic heterocycles. The van der Waals surface area contributed by atoms with E-state index < -0.39 is 11.9 Å². The summed E-state index contributed by atoms with van der Waals surface area (Å²) < 4.78 is 17.6. The minimum atomic E-state index is -0.554. The van der Waals surface area contributed by atoms with Crippen LogP contribution in [0.4, 0.5) is 0 Å². The van der Waals surface area contributed by atoms with Gasteiger partial charge >= 0.3 is 11.9 Å². The van der Waals surface area contributed by atoms with Crippen molar-refractivity contribution < 1.29 is 28.6 Å². The number of allylic oxidation sites excluding steroid dienone is 1. The van der Waals surface area contributed by atoms with Gasteiger partial charge in [-0.2, -0.15) is 0 Å². The first-order valence-corrected chi connectivity index (χ1v) is 11.6. The van der Waals surface area contributed by atoms with E-state index in [2.05, 4.69) is 0 Å². The molecule has 8 heteroatoms. The fourth-order valence-corrected chi connectivity index (χ4v) is 4.85. The van der Waals surface area contributed by atoms with E-state index in [4.69, 9.17) is 14.2 Å². The Kier molecular flexibility index (Phi) is 6.93. The molecule has 1 amide bonds. The lowest BCUT2D eigenvalue weighted by molar-refractivity contribution is -0.136. The Balaban J connectivity index is 1.78. The second-order valence-corrected chi connectivity index (χ2v) is 8.73. The molecule has 0 radical (unpaired) electrons. The lowest BCUT2D eigenvalue weighted by atomic mass is 10.0. The highest BCUT2D eigenvalue weighted by Crippen LogP contribution is 2.34. The van der Waals surface area contributed by atoms with E-state index in [0.29, 0.717) is 30.1 Å². The van der Waals surface area contributed by atoms with Crippen LogP contribution in [0.1, 0.15) is 47.1 Å². The third kappa shape index (κ3) is 4.41. The van der Waals surface area contributed by atoms with Gasteiger partial charge in [0.15, 0.2) is 0 Å². The van der Waals surface area contributed by atoms with Gasteiger partial charge in [0.2, 0.25) is 0 Å². The maximum absolute atomic E-state index is 13.5. The highest BCUT2D eigenvalue weighted by Gasteiger charge is 2.38. The van der Waals surface area contributed by atoms with Crippen LogP contribution in [0.15, 0.2) is 47.2 Å². The molecule has 3 heterocycles. The molecule has 1 atom stereocenters. The van der Waals surface area contributed by atoms with E-state index in [9.17, 15) is 14.4 Å². The molecular weight excluding hydrogens is 448 g/mol. The molecule has 4 rings (SSSR count). The average Bonchev–Trinajstić information content (AvgIpc) is 3.53. The third-order valence-electron chi connectivity index (χ3n) is 6.63. The Morgan fingerprint density at radius 2 is 1.83 bits per heavy atom. The van der Waals surface area contributed by atoms with Crippen molar-refractivity contribution >= 4 is 23.9 Å². The molecule has 2 aliphatic rings. The lowest BCUT2D eigenvalue weighted by Crippen LogP contribution is -2.33. The van der Waals surface area contributed by atoms with Crippen LogP contribution in [0.3, 0.4) is 0 Å². The Bertz CT molecular complexity index is 1250. The number of carbonyl (C=O) groups is 3. The van der Waals surface area contributed by atoms with Crippen LogP contribution < -0.4 is 0 Å². The highest BCUT2D eigenvalue weighted by molar-refractivity contribution is 6.16. The summed E-state index contributed by atoms with van der Waals surface area (Å²) in [5.74, 6) is -1.24. The van der Waals surface area contributed by atoms with Gasteiger partial charge in [-0.1, -0.05) is 12.1 Å². The van der Waals surface area contributed by atoms with E-state index in [-0.39, 0.29) is 23.2 Å². The Morgan fingerprint density at radius 3 is 2.49 bits per heavy atom. The molecule has 0 saturated carbocycles. The Morgan fingerprint density at radius 1 is 1.11 bits per heavy atom. The number of hydrogen-bond donors (Lipinski definition) is 0. The predicted octanol–water partition coefficient (Wildman–Crippen LogP) is 3.73. The SMILES string of the molecule is COC(=O)C1=C(C)N(C[C@H]2CCCO2)C(=O)/C1=C\c1cc(C)n(-c2ccccc2C(=O)OC)c1C. The first-order chi connectivity index (χ1) is 16.8. The van der Waals surface area contributed by atoms with Gasteiger partial charge < -0.3 is 23.7 Å². The normalized spacial score (nSPS) is 19.1. The van der Waals surface area contributed by atoms with Crippen LogP contribution in [0.25, 0.3) is 11.8 Å². The molecular formula is C27H30N2O6. The van der Waals surface area contributed by atoms with Gasteiger partial charge in [-0.05, 0) is 63.5 Å². The monoisotopic (exact) mass is 478 g/mol. The molecule has 0 spiro atoms. The number of rotatable bonds is 6. The standard InChI is InChI=1S/C27H30N2O6/c1-16-13-19(17(2)29(16)23-11-7-6-10-21(23)26(31)33-4)14-22-24(27(32)34-5)18(3)28(25(22)30)15-20-9-8-12-35-20/h6-7,10-11,13-14,20H,8-9,12,15H2,1-5H3/b22-14-/t20-/m1/s1. The van der Waals surface area contributed by atoms with Gasteiger partial charge in [-0.25, -0.2) is 9.59 Å².